The zero-order valence-electron chi connectivity index (χ0n) is 18.1. The first-order valence-electron chi connectivity index (χ1n) is 11.6. The van der Waals surface area contributed by atoms with Crippen molar-refractivity contribution in [1.29, 1.82) is 0 Å². The smallest absolute Gasteiger partial charge is 0.335 e. The van der Waals surface area contributed by atoms with Gasteiger partial charge in [0.1, 0.15) is 24.1 Å². The summed E-state index contributed by atoms with van der Waals surface area (Å²) in [6, 6.07) is 5.73. The molecular formula is C24H32O8. The van der Waals surface area contributed by atoms with Gasteiger partial charge in [-0.05, 0) is 85.0 Å². The van der Waals surface area contributed by atoms with E-state index in [1.165, 1.54) is 11.1 Å². The Morgan fingerprint density at radius 3 is 2.62 bits per heavy atom. The summed E-state index contributed by atoms with van der Waals surface area (Å²) in [7, 11) is 0. The fraction of sp³-hybridized carbons (Fsp3) is 0.708. The molecule has 0 amide bonds. The normalized spacial score (nSPS) is 45.6. The van der Waals surface area contributed by atoms with Gasteiger partial charge >= 0.3 is 5.97 Å². The molecule has 1 aromatic carbocycles. The summed E-state index contributed by atoms with van der Waals surface area (Å²) >= 11 is 0. The number of aliphatic hydroxyl groups excluding tert-OH is 3. The lowest BCUT2D eigenvalue weighted by Gasteiger charge is -2.51. The van der Waals surface area contributed by atoms with E-state index >= 15 is 0 Å². The molecule has 5 rings (SSSR count). The third-order valence-electron chi connectivity index (χ3n) is 8.73. The highest BCUT2D eigenvalue weighted by molar-refractivity contribution is 5.73. The molecule has 0 aromatic heterocycles. The predicted octanol–water partition coefficient (Wildman–Crippen LogP) is 1.53. The Kier molecular flexibility index (Phi) is 5.49. The molecule has 0 radical (unpaired) electrons. The zero-order valence-corrected chi connectivity index (χ0v) is 18.1. The van der Waals surface area contributed by atoms with Crippen molar-refractivity contribution < 1.29 is 39.8 Å². The summed E-state index contributed by atoms with van der Waals surface area (Å²) in [5.41, 5.74) is 2.45. The minimum Gasteiger partial charge on any atom is -0.508 e. The van der Waals surface area contributed by atoms with Crippen molar-refractivity contribution in [3.05, 3.63) is 29.3 Å². The minimum atomic E-state index is -1.72. The summed E-state index contributed by atoms with van der Waals surface area (Å²) < 4.78 is 11.5. The van der Waals surface area contributed by atoms with Crippen LogP contribution in [0.25, 0.3) is 0 Å². The number of aliphatic carboxylic acids is 1. The van der Waals surface area contributed by atoms with Gasteiger partial charge in [0.2, 0.25) is 0 Å². The monoisotopic (exact) mass is 448 g/mol. The molecule has 1 saturated heterocycles. The number of aliphatic hydroxyl groups is 3. The number of carbonyl (C=O) groups is 1. The Labute approximate surface area is 186 Å². The maximum absolute atomic E-state index is 11.4. The van der Waals surface area contributed by atoms with Crippen molar-refractivity contribution in [3.63, 3.8) is 0 Å². The van der Waals surface area contributed by atoms with Crippen molar-refractivity contribution >= 4 is 5.97 Å². The van der Waals surface area contributed by atoms with E-state index in [1.807, 2.05) is 6.07 Å². The largest absolute Gasteiger partial charge is 0.508 e. The van der Waals surface area contributed by atoms with Gasteiger partial charge in [-0.25, -0.2) is 4.79 Å². The lowest BCUT2D eigenvalue weighted by Crippen LogP contribution is -2.61. The van der Waals surface area contributed by atoms with Crippen LogP contribution in [0.4, 0.5) is 0 Å². The standard InChI is InChI=1S/C24H32O8/c1-24-9-8-14-13-5-3-12(25)10-11(13)2-4-15(14)16(24)6-7-17(24)31-23-20(28)18(26)19(27)21(32-23)22(29)30/h3,5,10,14-21,23,25-28H,2,4,6-9H2,1H3,(H,29,30)/t14-,15-,16+,17+,18+,19-,20-,21+,23-,24+/m1/s1. The number of fused-ring (bicyclic) bond motifs is 5. The number of aromatic hydroxyl groups is 1. The van der Waals surface area contributed by atoms with Crippen LogP contribution in [0.1, 0.15) is 56.1 Å². The number of rotatable bonds is 3. The van der Waals surface area contributed by atoms with Gasteiger partial charge in [0.25, 0.3) is 0 Å². The van der Waals surface area contributed by atoms with E-state index in [0.717, 1.165) is 38.5 Å². The van der Waals surface area contributed by atoms with Gasteiger partial charge < -0.3 is 35.0 Å². The van der Waals surface area contributed by atoms with Crippen LogP contribution in [0, 0.1) is 17.3 Å². The van der Waals surface area contributed by atoms with Crippen LogP contribution in [-0.4, -0.2) is 68.3 Å². The average molecular weight is 449 g/mol. The van der Waals surface area contributed by atoms with Gasteiger partial charge in [-0.3, -0.25) is 0 Å². The first-order chi connectivity index (χ1) is 15.2. The summed E-state index contributed by atoms with van der Waals surface area (Å²) in [6.07, 6.45) is -2.38. The highest BCUT2D eigenvalue weighted by Gasteiger charge is 2.57. The van der Waals surface area contributed by atoms with E-state index in [-0.39, 0.29) is 11.5 Å². The Hall–Kier alpha value is -1.71. The maximum Gasteiger partial charge on any atom is 0.335 e. The van der Waals surface area contributed by atoms with Crippen LogP contribution in [0.2, 0.25) is 0 Å². The molecule has 32 heavy (non-hydrogen) atoms. The summed E-state index contributed by atoms with van der Waals surface area (Å²) in [6.45, 7) is 2.22. The van der Waals surface area contributed by atoms with Crippen LogP contribution < -0.4 is 0 Å². The van der Waals surface area contributed by atoms with Crippen LogP contribution in [0.5, 0.6) is 5.75 Å². The van der Waals surface area contributed by atoms with E-state index < -0.39 is 36.7 Å². The van der Waals surface area contributed by atoms with Gasteiger partial charge in [0.15, 0.2) is 12.4 Å². The number of phenolic OH excluding ortho intramolecular Hbond substituents is 1. The quantitative estimate of drug-likeness (QED) is 0.470. The molecule has 0 spiro atoms. The molecule has 1 heterocycles. The molecule has 1 aromatic rings. The second kappa shape index (κ2) is 7.95. The first-order valence-corrected chi connectivity index (χ1v) is 11.6. The molecule has 2 saturated carbocycles. The summed E-state index contributed by atoms with van der Waals surface area (Å²) in [5, 5.41) is 49.6. The van der Waals surface area contributed by atoms with Crippen LogP contribution in [-0.2, 0) is 20.7 Å². The second-order valence-corrected chi connectivity index (χ2v) is 10.3. The molecular weight excluding hydrogens is 416 g/mol. The molecule has 10 atom stereocenters. The number of hydrogen-bond donors (Lipinski definition) is 5. The number of carboxylic acids is 1. The number of benzene rings is 1. The Bertz CT molecular complexity index is 889. The molecule has 0 unspecified atom stereocenters. The molecule has 8 nitrogen and oxygen atoms in total. The molecule has 5 N–H and O–H groups in total. The molecule has 1 aliphatic heterocycles. The molecule has 4 aliphatic rings. The molecule has 0 bridgehead atoms. The van der Waals surface area contributed by atoms with Crippen LogP contribution in [0.15, 0.2) is 18.2 Å². The van der Waals surface area contributed by atoms with Crippen molar-refractivity contribution in [2.75, 3.05) is 0 Å². The van der Waals surface area contributed by atoms with Crippen molar-refractivity contribution in [1.82, 2.24) is 0 Å². The van der Waals surface area contributed by atoms with E-state index in [0.29, 0.717) is 23.5 Å². The highest BCUT2D eigenvalue weighted by atomic mass is 16.7. The van der Waals surface area contributed by atoms with Gasteiger partial charge in [-0.15, -0.1) is 0 Å². The van der Waals surface area contributed by atoms with Crippen molar-refractivity contribution in [2.24, 2.45) is 17.3 Å². The summed E-state index contributed by atoms with van der Waals surface area (Å²) in [4.78, 5) is 11.4. The third-order valence-corrected chi connectivity index (χ3v) is 8.73. The average Bonchev–Trinajstić information content (AvgIpc) is 3.09. The van der Waals surface area contributed by atoms with E-state index in [9.17, 15) is 30.3 Å². The number of ether oxygens (including phenoxy) is 2. The topological polar surface area (TPSA) is 137 Å². The number of carboxylic acid groups (broad SMARTS) is 1. The Balaban J connectivity index is 1.34. The van der Waals surface area contributed by atoms with Crippen molar-refractivity contribution in [3.8, 4) is 5.75 Å². The van der Waals surface area contributed by atoms with E-state index in [1.54, 1.807) is 6.07 Å². The number of phenols is 1. The Morgan fingerprint density at radius 2 is 1.88 bits per heavy atom. The second-order valence-electron chi connectivity index (χ2n) is 10.3. The first kappa shape index (κ1) is 22.1. The lowest BCUT2D eigenvalue weighted by atomic mass is 9.55. The fourth-order valence-electron chi connectivity index (χ4n) is 7.07. The predicted molar refractivity (Wildman–Crippen MR) is 112 cm³/mol. The third kappa shape index (κ3) is 3.35. The minimum absolute atomic E-state index is 0.140. The van der Waals surface area contributed by atoms with Crippen LogP contribution >= 0.6 is 0 Å². The Morgan fingerprint density at radius 1 is 1.09 bits per heavy atom. The van der Waals surface area contributed by atoms with E-state index in [2.05, 4.69) is 13.0 Å². The van der Waals surface area contributed by atoms with Gasteiger partial charge in [-0.2, -0.15) is 0 Å². The fourth-order valence-corrected chi connectivity index (χ4v) is 7.07. The van der Waals surface area contributed by atoms with Gasteiger partial charge in [-0.1, -0.05) is 13.0 Å². The molecule has 176 valence electrons. The molecule has 3 aliphatic carbocycles. The van der Waals surface area contributed by atoms with Crippen molar-refractivity contribution in [2.45, 2.75) is 88.2 Å². The zero-order chi connectivity index (χ0) is 22.8. The highest BCUT2D eigenvalue weighted by Crippen LogP contribution is 2.61. The lowest BCUT2D eigenvalue weighted by molar-refractivity contribution is -0.312. The van der Waals surface area contributed by atoms with E-state index in [4.69, 9.17) is 9.47 Å². The SMILES string of the molecule is C[C@]12CC[C@@H]3c4ccc(O)cc4CC[C@H]3[C@@H]1CC[C@@H]2O[C@@H]1O[C@H](C(=O)O)[C@H](O)[C@H](O)[C@H]1O. The van der Waals surface area contributed by atoms with Gasteiger partial charge in [0.05, 0.1) is 6.10 Å². The molecule has 3 fully saturated rings. The van der Waals surface area contributed by atoms with Gasteiger partial charge in [0, 0.05) is 0 Å². The molecule has 8 heteroatoms. The maximum atomic E-state index is 11.4. The van der Waals surface area contributed by atoms with Crippen LogP contribution in [0.3, 0.4) is 0 Å². The number of aryl methyl sites for hydroxylation is 1. The number of hydrogen-bond acceptors (Lipinski definition) is 7. The summed E-state index contributed by atoms with van der Waals surface area (Å²) in [5.74, 6) is 0.312.